The van der Waals surface area contributed by atoms with Crippen molar-refractivity contribution in [2.75, 3.05) is 13.7 Å². The van der Waals surface area contributed by atoms with E-state index in [1.54, 1.807) is 0 Å². The lowest BCUT2D eigenvalue weighted by molar-refractivity contribution is 0.0590. The third-order valence-electron chi connectivity index (χ3n) is 3.68. The van der Waals surface area contributed by atoms with E-state index in [0.717, 1.165) is 37.0 Å². The van der Waals surface area contributed by atoms with Gasteiger partial charge in [-0.1, -0.05) is 12.8 Å². The minimum Gasteiger partial charge on any atom is -0.464 e. The number of hydrogen-bond donors (Lipinski definition) is 2. The average Bonchev–Trinajstić information content (AvgIpc) is 2.97. The highest BCUT2D eigenvalue weighted by molar-refractivity contribution is 7.91. The zero-order valence-electron chi connectivity index (χ0n) is 12.1. The molecule has 22 heavy (non-hydrogen) atoms. The first kappa shape index (κ1) is 19.3. The summed E-state index contributed by atoms with van der Waals surface area (Å²) in [6, 6.07) is -0.193. The van der Waals surface area contributed by atoms with Crippen LogP contribution in [0.1, 0.15) is 36.2 Å². The van der Waals surface area contributed by atoms with Crippen molar-refractivity contribution in [1.82, 2.24) is 9.71 Å². The molecule has 2 unspecified atom stereocenters. The molecule has 2 atom stereocenters. The fourth-order valence-electron chi connectivity index (χ4n) is 2.56. The fourth-order valence-corrected chi connectivity index (χ4v) is 5.04. The molecular formula is C12H20ClN3O4S2. The zero-order valence-corrected chi connectivity index (χ0v) is 14.6. The summed E-state index contributed by atoms with van der Waals surface area (Å²) in [6.45, 7) is 0.444. The van der Waals surface area contributed by atoms with Gasteiger partial charge in [-0.3, -0.25) is 0 Å². The molecule has 0 bridgehead atoms. The Hall–Kier alpha value is -0.740. The zero-order chi connectivity index (χ0) is 15.5. The van der Waals surface area contributed by atoms with Gasteiger partial charge >= 0.3 is 5.97 Å². The Morgan fingerprint density at radius 2 is 2.18 bits per heavy atom. The van der Waals surface area contributed by atoms with Crippen LogP contribution in [0.15, 0.2) is 9.72 Å². The van der Waals surface area contributed by atoms with E-state index in [4.69, 9.17) is 5.73 Å². The van der Waals surface area contributed by atoms with E-state index in [9.17, 15) is 13.2 Å². The number of nitrogens with two attached hydrogens (primary N) is 1. The lowest BCUT2D eigenvalue weighted by Gasteiger charge is -2.30. The van der Waals surface area contributed by atoms with Crippen LogP contribution < -0.4 is 10.5 Å². The van der Waals surface area contributed by atoms with Crippen molar-refractivity contribution in [3.8, 4) is 0 Å². The van der Waals surface area contributed by atoms with Gasteiger partial charge in [-0.15, -0.1) is 23.7 Å². The summed E-state index contributed by atoms with van der Waals surface area (Å²) in [6.07, 6.45) is 3.70. The Bertz CT molecular complexity index is 605. The summed E-state index contributed by atoms with van der Waals surface area (Å²) in [5, 5.41) is 0. The summed E-state index contributed by atoms with van der Waals surface area (Å²) >= 11 is 0.904. The molecule has 0 aromatic carbocycles. The standard InChI is InChI=1S/C12H19N3O4S2.ClH/c1-19-11(16)10-12(20-7-14-10)21(17,18)15-9-5-3-2-4-8(9)6-13;/h7-9,15H,2-6,13H2,1H3;1H. The van der Waals surface area contributed by atoms with Gasteiger partial charge in [0.25, 0.3) is 10.0 Å². The molecule has 0 amide bonds. The van der Waals surface area contributed by atoms with Gasteiger partial charge in [0.15, 0.2) is 9.90 Å². The largest absolute Gasteiger partial charge is 0.464 e. The van der Waals surface area contributed by atoms with Gasteiger partial charge in [0.05, 0.1) is 12.6 Å². The van der Waals surface area contributed by atoms with E-state index in [2.05, 4.69) is 14.4 Å². The first-order valence-electron chi connectivity index (χ1n) is 6.73. The molecule has 1 aliphatic carbocycles. The lowest BCUT2D eigenvalue weighted by Crippen LogP contribution is -2.44. The van der Waals surface area contributed by atoms with Crippen molar-refractivity contribution in [3.05, 3.63) is 11.2 Å². The summed E-state index contributed by atoms with van der Waals surface area (Å²) in [5.74, 6) is -0.626. The predicted octanol–water partition coefficient (Wildman–Crippen LogP) is 1.15. The van der Waals surface area contributed by atoms with Crippen LogP contribution in [0.3, 0.4) is 0 Å². The maximum atomic E-state index is 12.5. The Balaban J connectivity index is 0.00000242. The molecule has 1 heterocycles. The van der Waals surface area contributed by atoms with Crippen LogP contribution >= 0.6 is 23.7 Å². The number of halogens is 1. The molecular weight excluding hydrogens is 350 g/mol. The van der Waals surface area contributed by atoms with Gasteiger partial charge in [0, 0.05) is 6.04 Å². The van der Waals surface area contributed by atoms with Crippen LogP contribution in [0.2, 0.25) is 0 Å². The van der Waals surface area contributed by atoms with Crippen molar-refractivity contribution < 1.29 is 17.9 Å². The van der Waals surface area contributed by atoms with E-state index in [-0.39, 0.29) is 34.3 Å². The van der Waals surface area contributed by atoms with Crippen molar-refractivity contribution >= 4 is 39.7 Å². The smallest absolute Gasteiger partial charge is 0.358 e. The fraction of sp³-hybridized carbons (Fsp3) is 0.667. The molecule has 1 saturated carbocycles. The highest BCUT2D eigenvalue weighted by atomic mass is 35.5. The van der Waals surface area contributed by atoms with E-state index in [1.807, 2.05) is 0 Å². The second-order valence-corrected chi connectivity index (χ2v) is 7.75. The number of hydrogen-bond acceptors (Lipinski definition) is 7. The van der Waals surface area contributed by atoms with Gasteiger partial charge in [-0.25, -0.2) is 22.9 Å². The minimum atomic E-state index is -3.80. The van der Waals surface area contributed by atoms with Crippen LogP contribution in [-0.4, -0.2) is 39.1 Å². The topological polar surface area (TPSA) is 111 Å². The molecule has 1 fully saturated rings. The van der Waals surface area contributed by atoms with E-state index in [0.29, 0.717) is 6.54 Å². The molecule has 0 saturated heterocycles. The number of carbonyl (C=O) groups is 1. The van der Waals surface area contributed by atoms with Gasteiger partial charge in [-0.05, 0) is 25.3 Å². The van der Waals surface area contributed by atoms with Crippen LogP contribution in [-0.2, 0) is 14.8 Å². The third kappa shape index (κ3) is 4.17. The number of nitrogens with one attached hydrogen (secondary N) is 1. The number of nitrogens with zero attached hydrogens (tertiary/aromatic N) is 1. The van der Waals surface area contributed by atoms with Gasteiger partial charge in [0.2, 0.25) is 0 Å². The maximum Gasteiger partial charge on any atom is 0.358 e. The quantitative estimate of drug-likeness (QED) is 0.753. The van der Waals surface area contributed by atoms with E-state index >= 15 is 0 Å². The highest BCUT2D eigenvalue weighted by Gasteiger charge is 2.32. The number of ether oxygens (including phenoxy) is 1. The third-order valence-corrected chi connectivity index (χ3v) is 6.54. The SMILES string of the molecule is COC(=O)c1ncsc1S(=O)(=O)NC1CCCCC1CN.Cl. The lowest BCUT2D eigenvalue weighted by atomic mass is 9.85. The van der Waals surface area contributed by atoms with Gasteiger partial charge in [-0.2, -0.15) is 0 Å². The van der Waals surface area contributed by atoms with Crippen LogP contribution in [0.4, 0.5) is 0 Å². The molecule has 3 N–H and O–H groups in total. The van der Waals surface area contributed by atoms with E-state index in [1.165, 1.54) is 12.6 Å². The van der Waals surface area contributed by atoms with Gasteiger partial charge in [0.1, 0.15) is 0 Å². The molecule has 10 heteroatoms. The number of thiazole rings is 1. The number of esters is 1. The Morgan fingerprint density at radius 3 is 2.82 bits per heavy atom. The average molecular weight is 370 g/mol. The summed E-state index contributed by atoms with van der Waals surface area (Å²) in [4.78, 5) is 15.4. The normalized spacial score (nSPS) is 21.9. The van der Waals surface area contributed by atoms with Crippen LogP contribution in [0, 0.1) is 5.92 Å². The van der Waals surface area contributed by atoms with Crippen molar-refractivity contribution in [2.24, 2.45) is 11.7 Å². The van der Waals surface area contributed by atoms with Crippen molar-refractivity contribution in [1.29, 1.82) is 0 Å². The predicted molar refractivity (Wildman–Crippen MR) is 85.8 cm³/mol. The summed E-state index contributed by atoms with van der Waals surface area (Å²) < 4.78 is 32.1. The summed E-state index contributed by atoms with van der Waals surface area (Å²) in [7, 11) is -2.60. The summed E-state index contributed by atoms with van der Waals surface area (Å²) in [5.41, 5.74) is 6.86. The highest BCUT2D eigenvalue weighted by Crippen LogP contribution is 2.27. The molecule has 126 valence electrons. The van der Waals surface area contributed by atoms with Crippen molar-refractivity contribution in [2.45, 2.75) is 35.9 Å². The van der Waals surface area contributed by atoms with Crippen LogP contribution in [0.5, 0.6) is 0 Å². The maximum absolute atomic E-state index is 12.5. The van der Waals surface area contributed by atoms with Gasteiger partial charge < -0.3 is 10.5 Å². The van der Waals surface area contributed by atoms with Crippen LogP contribution in [0.25, 0.3) is 0 Å². The molecule has 1 aromatic heterocycles. The Labute approximate surface area is 140 Å². The molecule has 0 aliphatic heterocycles. The second kappa shape index (κ2) is 8.21. The molecule has 0 spiro atoms. The molecule has 7 nitrogen and oxygen atoms in total. The Morgan fingerprint density at radius 1 is 1.50 bits per heavy atom. The molecule has 2 rings (SSSR count). The Kier molecular flexibility index (Phi) is 7.20. The molecule has 0 radical (unpaired) electrons. The first-order valence-corrected chi connectivity index (χ1v) is 9.10. The molecule has 1 aromatic rings. The number of aromatic nitrogens is 1. The first-order chi connectivity index (χ1) is 9.99. The van der Waals surface area contributed by atoms with E-state index < -0.39 is 16.0 Å². The number of carbonyl (C=O) groups excluding carboxylic acids is 1. The molecule has 1 aliphatic rings. The second-order valence-electron chi connectivity index (χ2n) is 4.99. The number of methoxy groups -OCH3 is 1. The number of rotatable bonds is 5. The minimum absolute atomic E-state index is 0. The van der Waals surface area contributed by atoms with Crippen molar-refractivity contribution in [3.63, 3.8) is 0 Å². The monoisotopic (exact) mass is 369 g/mol. The number of sulfonamides is 1.